The van der Waals surface area contributed by atoms with Gasteiger partial charge in [0.25, 0.3) is 0 Å². The molecule has 19 heavy (non-hydrogen) atoms. The third-order valence-corrected chi connectivity index (χ3v) is 3.08. The molecule has 1 aromatic heterocycles. The zero-order valence-electron chi connectivity index (χ0n) is 10.7. The van der Waals surface area contributed by atoms with Gasteiger partial charge in [-0.3, -0.25) is 9.89 Å². The lowest BCUT2D eigenvalue weighted by molar-refractivity contribution is -0.142. The Morgan fingerprint density at radius 3 is 2.74 bits per heavy atom. The number of urea groups is 1. The maximum absolute atomic E-state index is 11.8. The van der Waals surface area contributed by atoms with Crippen molar-refractivity contribution in [1.29, 1.82) is 0 Å². The molecule has 8 nitrogen and oxygen atoms in total. The van der Waals surface area contributed by atoms with E-state index in [0.717, 1.165) is 5.69 Å². The van der Waals surface area contributed by atoms with Gasteiger partial charge in [-0.05, 0) is 13.8 Å². The highest BCUT2D eigenvalue weighted by molar-refractivity contribution is 5.91. The van der Waals surface area contributed by atoms with Crippen molar-refractivity contribution in [3.63, 3.8) is 0 Å². The Bertz CT molecular complexity index is 479. The molecule has 0 saturated carbocycles. The van der Waals surface area contributed by atoms with Gasteiger partial charge in [0, 0.05) is 0 Å². The highest BCUT2D eigenvalue weighted by Gasteiger charge is 2.35. The van der Waals surface area contributed by atoms with E-state index in [1.807, 2.05) is 0 Å². The molecular formula is C11H16N4O4. The highest BCUT2D eigenvalue weighted by Crippen LogP contribution is 2.17. The summed E-state index contributed by atoms with van der Waals surface area (Å²) in [5, 5.41) is 20.9. The van der Waals surface area contributed by atoms with Crippen LogP contribution >= 0.6 is 0 Å². The fourth-order valence-corrected chi connectivity index (χ4v) is 1.99. The number of carbonyl (C=O) groups is 2. The molecular weight excluding hydrogens is 252 g/mol. The number of hydrogen-bond donors (Lipinski definition) is 4. The summed E-state index contributed by atoms with van der Waals surface area (Å²) in [6.45, 7) is 3.87. The number of H-pyrrole nitrogens is 1. The average Bonchev–Trinajstić information content (AvgIpc) is 2.91. The fourth-order valence-electron chi connectivity index (χ4n) is 1.99. The van der Waals surface area contributed by atoms with Gasteiger partial charge < -0.3 is 20.5 Å². The summed E-state index contributed by atoms with van der Waals surface area (Å²) in [5.74, 6) is -1.68. The minimum atomic E-state index is -0.974. The lowest BCUT2D eigenvalue weighted by Gasteiger charge is -2.16. The molecule has 8 heteroatoms. The van der Waals surface area contributed by atoms with Crippen molar-refractivity contribution in [2.24, 2.45) is 5.92 Å². The summed E-state index contributed by atoms with van der Waals surface area (Å²) >= 11 is 0. The van der Waals surface area contributed by atoms with Gasteiger partial charge in [-0.1, -0.05) is 0 Å². The highest BCUT2D eigenvalue weighted by atomic mass is 16.5. The number of carbonyl (C=O) groups excluding carboxylic acids is 1. The van der Waals surface area contributed by atoms with Crippen molar-refractivity contribution < 1.29 is 19.4 Å². The van der Waals surface area contributed by atoms with E-state index < -0.39 is 24.0 Å². The van der Waals surface area contributed by atoms with Gasteiger partial charge >= 0.3 is 12.0 Å². The number of nitrogens with zero attached hydrogens (tertiary/aromatic N) is 1. The molecule has 1 fully saturated rings. The molecule has 2 rings (SSSR count). The van der Waals surface area contributed by atoms with E-state index >= 15 is 0 Å². The van der Waals surface area contributed by atoms with Crippen molar-refractivity contribution in [3.05, 3.63) is 11.4 Å². The molecule has 1 aliphatic heterocycles. The number of rotatable bonds is 3. The van der Waals surface area contributed by atoms with E-state index in [0.29, 0.717) is 11.4 Å². The fraction of sp³-hybridized carbons (Fsp3) is 0.545. The summed E-state index contributed by atoms with van der Waals surface area (Å²) in [7, 11) is 0. The number of anilines is 1. The van der Waals surface area contributed by atoms with Crippen LogP contribution in [-0.2, 0) is 9.53 Å². The van der Waals surface area contributed by atoms with Gasteiger partial charge in [0.1, 0.15) is 5.92 Å². The molecule has 0 spiro atoms. The summed E-state index contributed by atoms with van der Waals surface area (Å²) in [6, 6.07) is -0.987. The smallest absolute Gasteiger partial charge is 0.319 e. The molecule has 0 aromatic carbocycles. The molecule has 2 atom stereocenters. The Labute approximate surface area is 109 Å². The largest absolute Gasteiger partial charge is 0.481 e. The van der Waals surface area contributed by atoms with Crippen LogP contribution < -0.4 is 10.6 Å². The van der Waals surface area contributed by atoms with E-state index in [-0.39, 0.29) is 13.2 Å². The average molecular weight is 268 g/mol. The SMILES string of the molecule is Cc1n[nH]c(C)c1NC(=O)NC1COCC1C(=O)O. The first-order valence-electron chi connectivity index (χ1n) is 5.88. The van der Waals surface area contributed by atoms with Gasteiger partial charge in [-0.15, -0.1) is 0 Å². The van der Waals surface area contributed by atoms with E-state index in [1.54, 1.807) is 13.8 Å². The van der Waals surface area contributed by atoms with Gasteiger partial charge in [0.15, 0.2) is 0 Å². The lowest BCUT2D eigenvalue weighted by Crippen LogP contribution is -2.44. The zero-order chi connectivity index (χ0) is 14.0. The Kier molecular flexibility index (Phi) is 3.70. The molecule has 1 saturated heterocycles. The predicted octanol–water partition coefficient (Wildman–Crippen LogP) is 0.248. The van der Waals surface area contributed by atoms with Gasteiger partial charge in [-0.2, -0.15) is 5.10 Å². The monoisotopic (exact) mass is 268 g/mol. The number of aryl methyl sites for hydroxylation is 2. The number of aliphatic carboxylic acids is 1. The molecule has 4 N–H and O–H groups in total. The zero-order valence-corrected chi connectivity index (χ0v) is 10.7. The van der Waals surface area contributed by atoms with Crippen LogP contribution in [0.4, 0.5) is 10.5 Å². The molecule has 0 radical (unpaired) electrons. The molecule has 1 aromatic rings. The number of aromatic nitrogens is 2. The van der Waals surface area contributed by atoms with E-state index in [1.165, 1.54) is 0 Å². The van der Waals surface area contributed by atoms with Crippen LogP contribution in [0.3, 0.4) is 0 Å². The first-order chi connectivity index (χ1) is 8.99. The van der Waals surface area contributed by atoms with Crippen LogP contribution in [0.25, 0.3) is 0 Å². The van der Waals surface area contributed by atoms with Crippen molar-refractivity contribution >= 4 is 17.7 Å². The van der Waals surface area contributed by atoms with Crippen LogP contribution in [0.2, 0.25) is 0 Å². The summed E-state index contributed by atoms with van der Waals surface area (Å²) in [6.07, 6.45) is 0. The maximum Gasteiger partial charge on any atom is 0.319 e. The predicted molar refractivity (Wildman–Crippen MR) is 65.9 cm³/mol. The Morgan fingerprint density at radius 1 is 1.42 bits per heavy atom. The van der Waals surface area contributed by atoms with Crippen LogP contribution in [0.1, 0.15) is 11.4 Å². The number of amides is 2. The van der Waals surface area contributed by atoms with Crippen LogP contribution in [0.5, 0.6) is 0 Å². The second-order valence-corrected chi connectivity index (χ2v) is 4.50. The number of nitrogens with one attached hydrogen (secondary N) is 3. The molecule has 104 valence electrons. The van der Waals surface area contributed by atoms with E-state index in [9.17, 15) is 9.59 Å². The van der Waals surface area contributed by atoms with Crippen LogP contribution in [-0.4, -0.2) is 46.6 Å². The minimum absolute atomic E-state index is 0.115. The quantitative estimate of drug-likeness (QED) is 0.627. The van der Waals surface area contributed by atoms with E-state index in [2.05, 4.69) is 20.8 Å². The van der Waals surface area contributed by atoms with Crippen LogP contribution in [0, 0.1) is 19.8 Å². The van der Waals surface area contributed by atoms with Gasteiger partial charge in [0.2, 0.25) is 0 Å². The number of ether oxygens (including phenoxy) is 1. The normalized spacial score (nSPS) is 22.2. The molecule has 2 amide bonds. The standard InChI is InChI=1S/C11H16N4O4/c1-5-9(6(2)15-14-5)13-11(18)12-8-4-19-3-7(8)10(16)17/h7-8H,3-4H2,1-2H3,(H,14,15)(H,16,17)(H2,12,13,18). The summed E-state index contributed by atoms with van der Waals surface area (Å²) < 4.78 is 5.07. The van der Waals surface area contributed by atoms with Gasteiger partial charge in [-0.25, -0.2) is 4.79 Å². The van der Waals surface area contributed by atoms with Crippen LogP contribution in [0.15, 0.2) is 0 Å². The molecule has 0 bridgehead atoms. The van der Waals surface area contributed by atoms with Crippen molar-refractivity contribution in [2.75, 3.05) is 18.5 Å². The third-order valence-electron chi connectivity index (χ3n) is 3.08. The molecule has 2 unspecified atom stereocenters. The second kappa shape index (κ2) is 5.27. The lowest BCUT2D eigenvalue weighted by atomic mass is 10.0. The Balaban J connectivity index is 1.96. The number of aromatic amines is 1. The molecule has 2 heterocycles. The molecule has 1 aliphatic rings. The summed E-state index contributed by atoms with van der Waals surface area (Å²) in [4.78, 5) is 22.8. The van der Waals surface area contributed by atoms with Crippen molar-refractivity contribution in [3.8, 4) is 0 Å². The van der Waals surface area contributed by atoms with E-state index in [4.69, 9.17) is 9.84 Å². The maximum atomic E-state index is 11.8. The molecule has 0 aliphatic carbocycles. The van der Waals surface area contributed by atoms with Crippen molar-refractivity contribution in [2.45, 2.75) is 19.9 Å². The second-order valence-electron chi connectivity index (χ2n) is 4.50. The number of carboxylic acid groups (broad SMARTS) is 1. The summed E-state index contributed by atoms with van der Waals surface area (Å²) in [5.41, 5.74) is 2.01. The first kappa shape index (κ1) is 13.3. The van der Waals surface area contributed by atoms with Gasteiger partial charge in [0.05, 0.1) is 36.3 Å². The topological polar surface area (TPSA) is 116 Å². The first-order valence-corrected chi connectivity index (χ1v) is 5.88. The Morgan fingerprint density at radius 2 is 2.16 bits per heavy atom. The van der Waals surface area contributed by atoms with Crippen molar-refractivity contribution in [1.82, 2.24) is 15.5 Å². The Hall–Kier alpha value is -2.09. The minimum Gasteiger partial charge on any atom is -0.481 e. The number of hydrogen-bond acceptors (Lipinski definition) is 4. The third kappa shape index (κ3) is 2.84. The number of carboxylic acids is 1.